The largest absolute Gasteiger partial charge is 0.465 e. The van der Waals surface area contributed by atoms with Crippen LogP contribution in [0.15, 0.2) is 60.7 Å². The number of benzene rings is 2. The molecule has 0 saturated heterocycles. The number of carbonyl (C=O) groups is 1. The third-order valence-electron chi connectivity index (χ3n) is 5.38. The maximum Gasteiger partial charge on any atom is 0.314 e. The summed E-state index contributed by atoms with van der Waals surface area (Å²) >= 11 is 0. The van der Waals surface area contributed by atoms with Crippen molar-refractivity contribution in [2.45, 2.75) is 39.2 Å². The summed E-state index contributed by atoms with van der Waals surface area (Å²) in [6.07, 6.45) is 2.16. The molecule has 0 amide bonds. The van der Waals surface area contributed by atoms with Crippen LogP contribution >= 0.6 is 0 Å². The summed E-state index contributed by atoms with van der Waals surface area (Å²) in [5.74, 6) is -0.448. The van der Waals surface area contributed by atoms with Crippen molar-refractivity contribution >= 4 is 5.97 Å². The SMILES string of the molecule is CCOC(=O)C(C)c1c(-c2ccccc2)c(-c2ccccc2)c2n1CCC2. The fraction of sp³-hybridized carbons (Fsp3) is 0.292. The number of hydrogen-bond donors (Lipinski definition) is 0. The first-order chi connectivity index (χ1) is 13.2. The molecule has 138 valence electrons. The van der Waals surface area contributed by atoms with Gasteiger partial charge in [-0.25, -0.2) is 0 Å². The van der Waals surface area contributed by atoms with E-state index in [0.29, 0.717) is 6.61 Å². The molecule has 2 heterocycles. The lowest BCUT2D eigenvalue weighted by atomic mass is 9.90. The summed E-state index contributed by atoms with van der Waals surface area (Å²) in [4.78, 5) is 12.6. The van der Waals surface area contributed by atoms with E-state index in [1.807, 2.05) is 26.0 Å². The van der Waals surface area contributed by atoms with Crippen LogP contribution in [0.2, 0.25) is 0 Å². The quantitative estimate of drug-likeness (QED) is 0.568. The lowest BCUT2D eigenvalue weighted by molar-refractivity contribution is -0.144. The Balaban J connectivity index is 2.00. The Morgan fingerprint density at radius 2 is 1.59 bits per heavy atom. The van der Waals surface area contributed by atoms with E-state index < -0.39 is 0 Å². The van der Waals surface area contributed by atoms with Gasteiger partial charge in [-0.05, 0) is 37.8 Å². The van der Waals surface area contributed by atoms with Crippen LogP contribution in [0.3, 0.4) is 0 Å². The van der Waals surface area contributed by atoms with Gasteiger partial charge >= 0.3 is 5.97 Å². The topological polar surface area (TPSA) is 31.2 Å². The van der Waals surface area contributed by atoms with Crippen LogP contribution in [-0.2, 0) is 22.5 Å². The van der Waals surface area contributed by atoms with Crippen molar-refractivity contribution in [1.29, 1.82) is 0 Å². The van der Waals surface area contributed by atoms with E-state index in [9.17, 15) is 4.79 Å². The Hall–Kier alpha value is -2.81. The molecule has 27 heavy (non-hydrogen) atoms. The molecule has 0 bridgehead atoms. The minimum absolute atomic E-state index is 0.151. The van der Waals surface area contributed by atoms with Crippen molar-refractivity contribution < 1.29 is 9.53 Å². The number of aromatic nitrogens is 1. The third-order valence-corrected chi connectivity index (χ3v) is 5.38. The summed E-state index contributed by atoms with van der Waals surface area (Å²) in [7, 11) is 0. The van der Waals surface area contributed by atoms with Gasteiger partial charge in [0.25, 0.3) is 0 Å². The average Bonchev–Trinajstić information content (AvgIpc) is 3.29. The van der Waals surface area contributed by atoms with Gasteiger partial charge in [0.1, 0.15) is 0 Å². The van der Waals surface area contributed by atoms with Crippen LogP contribution in [0.5, 0.6) is 0 Å². The lowest BCUT2D eigenvalue weighted by Gasteiger charge is -2.17. The van der Waals surface area contributed by atoms with Gasteiger partial charge in [0.2, 0.25) is 0 Å². The van der Waals surface area contributed by atoms with Gasteiger partial charge in [-0.1, -0.05) is 60.7 Å². The number of hydrogen-bond acceptors (Lipinski definition) is 2. The highest BCUT2D eigenvalue weighted by Crippen LogP contribution is 2.45. The van der Waals surface area contributed by atoms with Crippen LogP contribution < -0.4 is 0 Å². The normalized spacial score (nSPS) is 14.0. The van der Waals surface area contributed by atoms with E-state index in [1.165, 1.54) is 22.4 Å². The average molecular weight is 359 g/mol. The Kier molecular flexibility index (Phi) is 4.85. The van der Waals surface area contributed by atoms with Crippen LogP contribution in [0, 0.1) is 0 Å². The molecule has 1 unspecified atom stereocenters. The monoisotopic (exact) mass is 359 g/mol. The summed E-state index contributed by atoms with van der Waals surface area (Å²) in [5, 5.41) is 0. The van der Waals surface area contributed by atoms with Crippen molar-refractivity contribution in [2.75, 3.05) is 6.61 Å². The molecule has 0 saturated carbocycles. The van der Waals surface area contributed by atoms with E-state index >= 15 is 0 Å². The standard InChI is InChI=1S/C24H25NO2/c1-3-27-24(26)17(2)23-22(19-13-8-5-9-14-19)21(18-11-6-4-7-12-18)20-15-10-16-25(20)23/h4-9,11-14,17H,3,10,15-16H2,1-2H3. The lowest BCUT2D eigenvalue weighted by Crippen LogP contribution is -2.17. The molecule has 0 spiro atoms. The van der Waals surface area contributed by atoms with Gasteiger partial charge in [-0.15, -0.1) is 0 Å². The van der Waals surface area contributed by atoms with E-state index in [1.54, 1.807) is 0 Å². The predicted octanol–water partition coefficient (Wildman–Crippen LogP) is 5.43. The van der Waals surface area contributed by atoms with E-state index in [0.717, 1.165) is 30.6 Å². The first kappa shape index (κ1) is 17.6. The highest BCUT2D eigenvalue weighted by atomic mass is 16.5. The Morgan fingerprint density at radius 3 is 2.19 bits per heavy atom. The molecule has 0 fully saturated rings. The maximum absolute atomic E-state index is 12.6. The molecule has 2 aromatic carbocycles. The Bertz CT molecular complexity index is 942. The predicted molar refractivity (Wildman–Crippen MR) is 109 cm³/mol. The van der Waals surface area contributed by atoms with E-state index in [-0.39, 0.29) is 11.9 Å². The molecular formula is C24H25NO2. The van der Waals surface area contributed by atoms with Gasteiger partial charge in [-0.3, -0.25) is 4.79 Å². The fourth-order valence-electron chi connectivity index (χ4n) is 4.25. The zero-order valence-corrected chi connectivity index (χ0v) is 15.9. The number of esters is 1. The van der Waals surface area contributed by atoms with Gasteiger partial charge < -0.3 is 9.30 Å². The van der Waals surface area contributed by atoms with Gasteiger partial charge in [0, 0.05) is 29.1 Å². The van der Waals surface area contributed by atoms with Gasteiger partial charge in [0.15, 0.2) is 0 Å². The number of carbonyl (C=O) groups excluding carboxylic acids is 1. The van der Waals surface area contributed by atoms with E-state index in [4.69, 9.17) is 4.74 Å². The zero-order chi connectivity index (χ0) is 18.8. The van der Waals surface area contributed by atoms with Crippen molar-refractivity contribution in [3.63, 3.8) is 0 Å². The second-order valence-corrected chi connectivity index (χ2v) is 7.04. The molecule has 4 rings (SSSR count). The molecule has 1 aliphatic heterocycles. The Labute approximate surface area is 160 Å². The van der Waals surface area contributed by atoms with E-state index in [2.05, 4.69) is 53.1 Å². The first-order valence-corrected chi connectivity index (χ1v) is 9.75. The molecule has 3 nitrogen and oxygen atoms in total. The highest BCUT2D eigenvalue weighted by molar-refractivity contribution is 5.92. The van der Waals surface area contributed by atoms with Crippen molar-refractivity contribution in [1.82, 2.24) is 4.57 Å². The highest BCUT2D eigenvalue weighted by Gasteiger charge is 2.32. The molecule has 1 aromatic heterocycles. The second-order valence-electron chi connectivity index (χ2n) is 7.04. The van der Waals surface area contributed by atoms with Crippen LogP contribution in [0.25, 0.3) is 22.3 Å². The molecule has 3 aromatic rings. The zero-order valence-electron chi connectivity index (χ0n) is 15.9. The summed E-state index contributed by atoms with van der Waals surface area (Å²) in [6.45, 7) is 5.20. The number of rotatable bonds is 5. The van der Waals surface area contributed by atoms with Crippen molar-refractivity contribution in [3.05, 3.63) is 72.1 Å². The Morgan fingerprint density at radius 1 is 1.00 bits per heavy atom. The molecule has 0 N–H and O–H groups in total. The molecule has 3 heteroatoms. The second kappa shape index (κ2) is 7.43. The first-order valence-electron chi connectivity index (χ1n) is 9.75. The third kappa shape index (κ3) is 3.08. The van der Waals surface area contributed by atoms with Gasteiger partial charge in [0.05, 0.1) is 12.5 Å². The molecule has 0 radical (unpaired) electrons. The summed E-state index contributed by atoms with van der Waals surface area (Å²) in [5.41, 5.74) is 7.24. The summed E-state index contributed by atoms with van der Waals surface area (Å²) in [6, 6.07) is 21.0. The van der Waals surface area contributed by atoms with Crippen LogP contribution in [-0.4, -0.2) is 17.1 Å². The number of fused-ring (bicyclic) bond motifs is 1. The molecule has 1 atom stereocenters. The molecule has 1 aliphatic rings. The fourth-order valence-corrected chi connectivity index (χ4v) is 4.25. The van der Waals surface area contributed by atoms with Gasteiger partial charge in [-0.2, -0.15) is 0 Å². The maximum atomic E-state index is 12.6. The van der Waals surface area contributed by atoms with Crippen LogP contribution in [0.4, 0.5) is 0 Å². The van der Waals surface area contributed by atoms with Crippen molar-refractivity contribution in [3.8, 4) is 22.3 Å². The number of nitrogens with zero attached hydrogens (tertiary/aromatic N) is 1. The summed E-state index contributed by atoms with van der Waals surface area (Å²) < 4.78 is 7.74. The number of ether oxygens (including phenoxy) is 1. The van der Waals surface area contributed by atoms with Crippen LogP contribution in [0.1, 0.15) is 37.6 Å². The minimum atomic E-state index is -0.297. The minimum Gasteiger partial charge on any atom is -0.465 e. The molecular weight excluding hydrogens is 334 g/mol. The molecule has 0 aliphatic carbocycles. The van der Waals surface area contributed by atoms with Crippen molar-refractivity contribution in [2.24, 2.45) is 0 Å². The smallest absolute Gasteiger partial charge is 0.314 e.